The third-order valence-corrected chi connectivity index (χ3v) is 2.87. The molecular weight excluding hydrogens is 184 g/mol. The largest absolute Gasteiger partial charge is 0.330 e. The smallest absolute Gasteiger partial charge is 0.0525 e. The van der Waals surface area contributed by atoms with Crippen LogP contribution >= 0.6 is 0 Å². The van der Waals surface area contributed by atoms with Crippen molar-refractivity contribution < 1.29 is 0 Å². The van der Waals surface area contributed by atoms with E-state index in [-0.39, 0.29) is 0 Å². The number of pyridine rings is 1. The SMILES string of the molecule is CCC(CN)c1nccc2ccccc12. The Hall–Kier alpha value is -1.41. The molecule has 0 bridgehead atoms. The van der Waals surface area contributed by atoms with Crippen LogP contribution in [0.15, 0.2) is 36.5 Å². The van der Waals surface area contributed by atoms with Crippen LogP contribution in [-0.4, -0.2) is 11.5 Å². The number of aromatic nitrogens is 1. The van der Waals surface area contributed by atoms with Gasteiger partial charge in [-0.3, -0.25) is 4.98 Å². The van der Waals surface area contributed by atoms with E-state index in [9.17, 15) is 0 Å². The maximum absolute atomic E-state index is 5.77. The van der Waals surface area contributed by atoms with Crippen LogP contribution in [-0.2, 0) is 0 Å². The van der Waals surface area contributed by atoms with Crippen molar-refractivity contribution in [2.45, 2.75) is 19.3 Å². The van der Waals surface area contributed by atoms with Gasteiger partial charge >= 0.3 is 0 Å². The van der Waals surface area contributed by atoms with Gasteiger partial charge in [-0.05, 0) is 17.9 Å². The fourth-order valence-corrected chi connectivity index (χ4v) is 1.94. The van der Waals surface area contributed by atoms with Crippen molar-refractivity contribution in [2.75, 3.05) is 6.54 Å². The van der Waals surface area contributed by atoms with E-state index in [1.165, 1.54) is 10.8 Å². The lowest BCUT2D eigenvalue weighted by molar-refractivity contribution is 0.660. The molecule has 1 aromatic carbocycles. The van der Waals surface area contributed by atoms with Gasteiger partial charge in [0, 0.05) is 24.0 Å². The Labute approximate surface area is 90.1 Å². The maximum Gasteiger partial charge on any atom is 0.0525 e. The number of hydrogen-bond donors (Lipinski definition) is 1. The molecule has 0 fully saturated rings. The zero-order valence-corrected chi connectivity index (χ0v) is 8.98. The van der Waals surface area contributed by atoms with Crippen LogP contribution in [0.4, 0.5) is 0 Å². The molecule has 2 heteroatoms. The minimum atomic E-state index is 0.371. The summed E-state index contributed by atoms with van der Waals surface area (Å²) in [5.74, 6) is 0.371. The molecule has 1 atom stereocenters. The fourth-order valence-electron chi connectivity index (χ4n) is 1.94. The van der Waals surface area contributed by atoms with Crippen LogP contribution < -0.4 is 5.73 Å². The minimum absolute atomic E-state index is 0.371. The predicted octanol–water partition coefficient (Wildman–Crippen LogP) is 2.69. The monoisotopic (exact) mass is 200 g/mol. The van der Waals surface area contributed by atoms with Gasteiger partial charge in [0.25, 0.3) is 0 Å². The molecule has 0 saturated carbocycles. The molecule has 0 saturated heterocycles. The van der Waals surface area contributed by atoms with Crippen molar-refractivity contribution in [3.63, 3.8) is 0 Å². The molecule has 2 nitrogen and oxygen atoms in total. The Bertz CT molecular complexity index is 442. The number of hydrogen-bond acceptors (Lipinski definition) is 2. The highest BCUT2D eigenvalue weighted by molar-refractivity contribution is 5.84. The van der Waals surface area contributed by atoms with Crippen molar-refractivity contribution in [2.24, 2.45) is 5.73 Å². The molecule has 2 rings (SSSR count). The van der Waals surface area contributed by atoms with Crippen LogP contribution in [0.25, 0.3) is 10.8 Å². The molecule has 0 aliphatic heterocycles. The predicted molar refractivity (Wildman–Crippen MR) is 63.8 cm³/mol. The lowest BCUT2D eigenvalue weighted by atomic mass is 9.97. The molecule has 1 heterocycles. The Morgan fingerprint density at radius 3 is 2.80 bits per heavy atom. The number of nitrogens with two attached hydrogens (primary N) is 1. The third-order valence-electron chi connectivity index (χ3n) is 2.87. The van der Waals surface area contributed by atoms with Gasteiger partial charge in [-0.25, -0.2) is 0 Å². The number of rotatable bonds is 3. The second-order valence-corrected chi connectivity index (χ2v) is 3.76. The quantitative estimate of drug-likeness (QED) is 0.827. The minimum Gasteiger partial charge on any atom is -0.330 e. The third kappa shape index (κ3) is 1.85. The first kappa shape index (κ1) is 10.1. The summed E-state index contributed by atoms with van der Waals surface area (Å²) in [6.45, 7) is 2.82. The number of fused-ring (bicyclic) bond motifs is 1. The highest BCUT2D eigenvalue weighted by Gasteiger charge is 2.11. The highest BCUT2D eigenvalue weighted by Crippen LogP contribution is 2.24. The standard InChI is InChI=1S/C13H16N2/c1-2-10(9-14)13-12-6-4-3-5-11(12)7-8-15-13/h3-8,10H,2,9,14H2,1H3. The van der Waals surface area contributed by atoms with E-state index < -0.39 is 0 Å². The van der Waals surface area contributed by atoms with Crippen molar-refractivity contribution in [1.82, 2.24) is 4.98 Å². The van der Waals surface area contributed by atoms with Gasteiger partial charge < -0.3 is 5.73 Å². The van der Waals surface area contributed by atoms with E-state index in [2.05, 4.69) is 36.2 Å². The summed E-state index contributed by atoms with van der Waals surface area (Å²) in [7, 11) is 0. The van der Waals surface area contributed by atoms with Crippen molar-refractivity contribution in [1.29, 1.82) is 0 Å². The van der Waals surface area contributed by atoms with Gasteiger partial charge in [0.05, 0.1) is 5.69 Å². The lowest BCUT2D eigenvalue weighted by Crippen LogP contribution is -2.13. The van der Waals surface area contributed by atoms with Crippen LogP contribution in [0, 0.1) is 0 Å². The Morgan fingerprint density at radius 2 is 2.07 bits per heavy atom. The molecule has 78 valence electrons. The molecule has 2 N–H and O–H groups in total. The first-order valence-corrected chi connectivity index (χ1v) is 5.40. The second-order valence-electron chi connectivity index (χ2n) is 3.76. The molecule has 15 heavy (non-hydrogen) atoms. The lowest BCUT2D eigenvalue weighted by Gasteiger charge is -2.13. The number of benzene rings is 1. The molecule has 0 spiro atoms. The van der Waals surface area contributed by atoms with Crippen molar-refractivity contribution >= 4 is 10.8 Å². The fraction of sp³-hybridized carbons (Fsp3) is 0.308. The Morgan fingerprint density at radius 1 is 1.27 bits per heavy atom. The van der Waals surface area contributed by atoms with Gasteiger partial charge in [-0.2, -0.15) is 0 Å². The van der Waals surface area contributed by atoms with Gasteiger partial charge in [0.1, 0.15) is 0 Å². The second kappa shape index (κ2) is 4.41. The summed E-state index contributed by atoms with van der Waals surface area (Å²) in [6.07, 6.45) is 2.91. The topological polar surface area (TPSA) is 38.9 Å². The molecule has 0 radical (unpaired) electrons. The average molecular weight is 200 g/mol. The Kier molecular flexibility index (Phi) is 2.97. The summed E-state index contributed by atoms with van der Waals surface area (Å²) >= 11 is 0. The van der Waals surface area contributed by atoms with E-state index in [0.717, 1.165) is 12.1 Å². The normalized spacial score (nSPS) is 12.9. The van der Waals surface area contributed by atoms with Crippen LogP contribution in [0.2, 0.25) is 0 Å². The summed E-state index contributed by atoms with van der Waals surface area (Å²) in [6, 6.07) is 10.4. The first-order chi connectivity index (χ1) is 7.36. The number of nitrogens with zero attached hydrogens (tertiary/aromatic N) is 1. The Balaban J connectivity index is 2.59. The summed E-state index contributed by atoms with van der Waals surface area (Å²) < 4.78 is 0. The average Bonchev–Trinajstić information content (AvgIpc) is 2.31. The van der Waals surface area contributed by atoms with E-state index >= 15 is 0 Å². The maximum atomic E-state index is 5.77. The van der Waals surface area contributed by atoms with Gasteiger partial charge in [-0.1, -0.05) is 31.2 Å². The molecule has 0 aliphatic rings. The van der Waals surface area contributed by atoms with E-state index in [1.54, 1.807) is 0 Å². The first-order valence-electron chi connectivity index (χ1n) is 5.40. The van der Waals surface area contributed by atoms with Crippen LogP contribution in [0.5, 0.6) is 0 Å². The molecule has 1 aromatic heterocycles. The molecule has 2 aromatic rings. The van der Waals surface area contributed by atoms with E-state index in [1.807, 2.05) is 12.3 Å². The summed E-state index contributed by atoms with van der Waals surface area (Å²) in [4.78, 5) is 4.47. The van der Waals surface area contributed by atoms with Gasteiger partial charge in [-0.15, -0.1) is 0 Å². The molecular formula is C13H16N2. The highest BCUT2D eigenvalue weighted by atomic mass is 14.7. The zero-order chi connectivity index (χ0) is 10.7. The van der Waals surface area contributed by atoms with E-state index in [4.69, 9.17) is 5.73 Å². The van der Waals surface area contributed by atoms with Crippen LogP contribution in [0.3, 0.4) is 0 Å². The summed E-state index contributed by atoms with van der Waals surface area (Å²) in [5.41, 5.74) is 6.90. The van der Waals surface area contributed by atoms with Crippen molar-refractivity contribution in [3.8, 4) is 0 Å². The molecule has 1 unspecified atom stereocenters. The van der Waals surface area contributed by atoms with Gasteiger partial charge in [0.15, 0.2) is 0 Å². The molecule has 0 amide bonds. The van der Waals surface area contributed by atoms with Gasteiger partial charge in [0.2, 0.25) is 0 Å². The molecule has 0 aliphatic carbocycles. The van der Waals surface area contributed by atoms with Crippen LogP contribution in [0.1, 0.15) is 25.0 Å². The summed E-state index contributed by atoms with van der Waals surface area (Å²) in [5, 5.41) is 2.48. The zero-order valence-electron chi connectivity index (χ0n) is 8.98. The van der Waals surface area contributed by atoms with E-state index in [0.29, 0.717) is 12.5 Å². The van der Waals surface area contributed by atoms with Crippen molar-refractivity contribution in [3.05, 3.63) is 42.2 Å².